The minimum absolute atomic E-state index is 0.548. The Kier molecular flexibility index (Phi) is 5.28. The lowest BCUT2D eigenvalue weighted by atomic mass is 9.82. The second kappa shape index (κ2) is 7.39. The van der Waals surface area contributed by atoms with E-state index in [0.29, 0.717) is 17.9 Å². The van der Waals surface area contributed by atoms with Crippen LogP contribution in [-0.2, 0) is 6.42 Å². The van der Waals surface area contributed by atoms with Crippen molar-refractivity contribution in [3.8, 4) is 0 Å². The number of nitrogens with one attached hydrogen (secondary N) is 1. The van der Waals surface area contributed by atoms with Gasteiger partial charge in [-0.05, 0) is 38.1 Å². The van der Waals surface area contributed by atoms with Crippen LogP contribution in [0.2, 0.25) is 0 Å². The van der Waals surface area contributed by atoms with Crippen molar-refractivity contribution in [2.75, 3.05) is 6.54 Å². The van der Waals surface area contributed by atoms with Crippen LogP contribution in [-0.4, -0.2) is 22.7 Å². The molecule has 2 atom stereocenters. The van der Waals surface area contributed by atoms with Crippen molar-refractivity contribution in [2.45, 2.75) is 83.1 Å². The summed E-state index contributed by atoms with van der Waals surface area (Å²) in [5, 5.41) is 7.90. The molecule has 2 aliphatic carbocycles. The monoisotopic (exact) mass is 291 g/mol. The van der Waals surface area contributed by atoms with Gasteiger partial charge in [-0.25, -0.2) is 0 Å². The summed E-state index contributed by atoms with van der Waals surface area (Å²) in [5.41, 5.74) is 0. The molecule has 1 aromatic rings. The maximum atomic E-state index is 5.56. The first-order valence-electron chi connectivity index (χ1n) is 8.92. The van der Waals surface area contributed by atoms with E-state index in [1.165, 1.54) is 57.8 Å². The van der Waals surface area contributed by atoms with Gasteiger partial charge in [-0.2, -0.15) is 4.98 Å². The molecular weight excluding hydrogens is 262 g/mol. The fraction of sp³-hybridized carbons (Fsp3) is 0.882. The van der Waals surface area contributed by atoms with Crippen LogP contribution in [0.5, 0.6) is 0 Å². The minimum atomic E-state index is 0.548. The van der Waals surface area contributed by atoms with Crippen molar-refractivity contribution < 1.29 is 4.52 Å². The zero-order chi connectivity index (χ0) is 14.5. The Morgan fingerprint density at radius 3 is 2.62 bits per heavy atom. The molecule has 0 bridgehead atoms. The molecule has 2 saturated carbocycles. The smallest absolute Gasteiger partial charge is 0.226 e. The molecule has 0 aliphatic heterocycles. The SMILES string of the molecule is CCNC1CCCCC1Cc1nc(C2CCCCC2)no1. The van der Waals surface area contributed by atoms with Crippen LogP contribution < -0.4 is 5.32 Å². The highest BCUT2D eigenvalue weighted by atomic mass is 16.5. The minimum Gasteiger partial charge on any atom is -0.339 e. The van der Waals surface area contributed by atoms with Crippen LogP contribution >= 0.6 is 0 Å². The van der Waals surface area contributed by atoms with Gasteiger partial charge in [0.15, 0.2) is 5.82 Å². The molecule has 4 nitrogen and oxygen atoms in total. The van der Waals surface area contributed by atoms with Crippen molar-refractivity contribution in [1.82, 2.24) is 15.5 Å². The zero-order valence-corrected chi connectivity index (χ0v) is 13.3. The van der Waals surface area contributed by atoms with E-state index in [1.54, 1.807) is 0 Å². The molecular formula is C17H29N3O. The van der Waals surface area contributed by atoms with E-state index in [1.807, 2.05) is 0 Å². The van der Waals surface area contributed by atoms with Gasteiger partial charge in [0.05, 0.1) is 0 Å². The fourth-order valence-electron chi connectivity index (χ4n) is 4.08. The summed E-state index contributed by atoms with van der Waals surface area (Å²) in [5.74, 6) is 3.05. The average molecular weight is 291 g/mol. The number of rotatable bonds is 5. The Hall–Kier alpha value is -0.900. The molecule has 1 N–H and O–H groups in total. The van der Waals surface area contributed by atoms with Crippen LogP contribution in [0.4, 0.5) is 0 Å². The summed E-state index contributed by atoms with van der Waals surface area (Å²) in [6.45, 7) is 3.25. The highest BCUT2D eigenvalue weighted by molar-refractivity contribution is 4.98. The van der Waals surface area contributed by atoms with Crippen molar-refractivity contribution >= 4 is 0 Å². The predicted molar refractivity (Wildman–Crippen MR) is 83.3 cm³/mol. The molecule has 1 aromatic heterocycles. The first-order valence-corrected chi connectivity index (χ1v) is 8.92. The summed E-state index contributed by atoms with van der Waals surface area (Å²) >= 11 is 0. The van der Waals surface area contributed by atoms with Gasteiger partial charge in [0.25, 0.3) is 0 Å². The summed E-state index contributed by atoms with van der Waals surface area (Å²) in [4.78, 5) is 4.72. The Labute approximate surface area is 128 Å². The molecule has 0 amide bonds. The normalized spacial score (nSPS) is 27.9. The van der Waals surface area contributed by atoms with Crippen LogP contribution in [0, 0.1) is 5.92 Å². The third-order valence-electron chi connectivity index (χ3n) is 5.27. The summed E-state index contributed by atoms with van der Waals surface area (Å²) in [7, 11) is 0. The van der Waals surface area contributed by atoms with Crippen LogP contribution in [0.1, 0.15) is 82.3 Å². The van der Waals surface area contributed by atoms with Gasteiger partial charge in [0.2, 0.25) is 5.89 Å². The van der Waals surface area contributed by atoms with Crippen LogP contribution in [0.15, 0.2) is 4.52 Å². The van der Waals surface area contributed by atoms with Crippen molar-refractivity contribution in [3.63, 3.8) is 0 Å². The topological polar surface area (TPSA) is 51.0 Å². The van der Waals surface area contributed by atoms with Crippen molar-refractivity contribution in [3.05, 3.63) is 11.7 Å². The Balaban J connectivity index is 1.60. The van der Waals surface area contributed by atoms with Gasteiger partial charge in [0, 0.05) is 18.4 Å². The number of hydrogen-bond acceptors (Lipinski definition) is 4. The summed E-state index contributed by atoms with van der Waals surface area (Å²) < 4.78 is 5.56. The van der Waals surface area contributed by atoms with E-state index in [4.69, 9.17) is 9.51 Å². The molecule has 21 heavy (non-hydrogen) atoms. The van der Waals surface area contributed by atoms with E-state index in [9.17, 15) is 0 Å². The highest BCUT2D eigenvalue weighted by Crippen LogP contribution is 2.32. The molecule has 2 fully saturated rings. The van der Waals surface area contributed by atoms with E-state index in [0.717, 1.165) is 24.7 Å². The van der Waals surface area contributed by atoms with Crippen molar-refractivity contribution in [1.29, 1.82) is 0 Å². The number of hydrogen-bond donors (Lipinski definition) is 1. The lowest BCUT2D eigenvalue weighted by molar-refractivity contribution is 0.241. The maximum absolute atomic E-state index is 5.56. The van der Waals surface area contributed by atoms with Gasteiger partial charge in [-0.1, -0.05) is 44.2 Å². The van der Waals surface area contributed by atoms with Gasteiger partial charge >= 0.3 is 0 Å². The highest BCUT2D eigenvalue weighted by Gasteiger charge is 2.27. The average Bonchev–Trinajstić information content (AvgIpc) is 2.99. The molecule has 0 aromatic carbocycles. The summed E-state index contributed by atoms with van der Waals surface area (Å²) in [6.07, 6.45) is 12.7. The van der Waals surface area contributed by atoms with Gasteiger partial charge in [-0.15, -0.1) is 0 Å². The lowest BCUT2D eigenvalue weighted by Crippen LogP contribution is -2.39. The second-order valence-corrected chi connectivity index (χ2v) is 6.79. The Bertz CT molecular complexity index is 423. The standard InChI is InChI=1S/C17H29N3O/c1-2-18-15-11-7-6-10-14(15)12-16-19-17(20-21-16)13-8-4-3-5-9-13/h13-15,18H,2-12H2,1H3. The molecule has 0 radical (unpaired) electrons. The molecule has 2 aliphatic rings. The third kappa shape index (κ3) is 3.85. The Morgan fingerprint density at radius 2 is 1.81 bits per heavy atom. The lowest BCUT2D eigenvalue weighted by Gasteiger charge is -2.31. The largest absolute Gasteiger partial charge is 0.339 e. The van der Waals surface area contributed by atoms with Crippen LogP contribution in [0.25, 0.3) is 0 Å². The second-order valence-electron chi connectivity index (χ2n) is 6.79. The maximum Gasteiger partial charge on any atom is 0.226 e. The first-order chi connectivity index (χ1) is 10.4. The number of nitrogens with zero attached hydrogens (tertiary/aromatic N) is 2. The zero-order valence-electron chi connectivity index (χ0n) is 13.3. The predicted octanol–water partition coefficient (Wildman–Crippen LogP) is 3.83. The molecule has 0 spiro atoms. The number of aromatic nitrogens is 2. The molecule has 118 valence electrons. The Morgan fingerprint density at radius 1 is 1.05 bits per heavy atom. The molecule has 3 rings (SSSR count). The molecule has 2 unspecified atom stereocenters. The van der Waals surface area contributed by atoms with E-state index >= 15 is 0 Å². The summed E-state index contributed by atoms with van der Waals surface area (Å²) in [6, 6.07) is 0.633. The quantitative estimate of drug-likeness (QED) is 0.896. The molecule has 4 heteroatoms. The van der Waals surface area contributed by atoms with Gasteiger partial charge in [0.1, 0.15) is 0 Å². The molecule has 0 saturated heterocycles. The van der Waals surface area contributed by atoms with Gasteiger partial charge < -0.3 is 9.84 Å². The van der Waals surface area contributed by atoms with E-state index in [2.05, 4.69) is 17.4 Å². The first kappa shape index (κ1) is 15.0. The molecule has 1 heterocycles. The van der Waals surface area contributed by atoms with Crippen molar-refractivity contribution in [2.24, 2.45) is 5.92 Å². The third-order valence-corrected chi connectivity index (χ3v) is 5.27. The van der Waals surface area contributed by atoms with E-state index < -0.39 is 0 Å². The van der Waals surface area contributed by atoms with E-state index in [-0.39, 0.29) is 0 Å². The van der Waals surface area contributed by atoms with Gasteiger partial charge in [-0.3, -0.25) is 0 Å². The fourth-order valence-corrected chi connectivity index (χ4v) is 4.08. The van der Waals surface area contributed by atoms with Crippen LogP contribution in [0.3, 0.4) is 0 Å².